The first-order valence-corrected chi connectivity index (χ1v) is 9.57. The predicted molar refractivity (Wildman–Crippen MR) is 94.0 cm³/mol. The van der Waals surface area contributed by atoms with Crippen molar-refractivity contribution in [2.75, 3.05) is 26.3 Å². The Morgan fingerprint density at radius 1 is 1.14 bits per heavy atom. The van der Waals surface area contributed by atoms with Crippen LogP contribution in [0.5, 0.6) is 5.75 Å². The van der Waals surface area contributed by atoms with Gasteiger partial charge in [0.2, 0.25) is 15.8 Å². The van der Waals surface area contributed by atoms with Crippen LogP contribution in [0.1, 0.15) is 10.4 Å². The van der Waals surface area contributed by atoms with Gasteiger partial charge in [0.05, 0.1) is 28.6 Å². The topological polar surface area (TPSA) is 116 Å². The maximum atomic E-state index is 13.3. The Morgan fingerprint density at radius 3 is 2.39 bits per heavy atom. The lowest BCUT2D eigenvalue weighted by Crippen LogP contribution is -2.40. The lowest BCUT2D eigenvalue weighted by atomic mass is 10.2. The summed E-state index contributed by atoms with van der Waals surface area (Å²) >= 11 is 0. The Hall–Kier alpha value is -2.89. The van der Waals surface area contributed by atoms with E-state index in [1.807, 2.05) is 0 Å². The molecule has 2 aromatic rings. The van der Waals surface area contributed by atoms with Crippen molar-refractivity contribution >= 4 is 21.7 Å². The molecule has 0 aliphatic carbocycles. The summed E-state index contributed by atoms with van der Waals surface area (Å²) in [7, 11) is -3.72. The lowest BCUT2D eigenvalue weighted by molar-refractivity contribution is -0.385. The van der Waals surface area contributed by atoms with Crippen molar-refractivity contribution in [3.8, 4) is 5.75 Å². The van der Waals surface area contributed by atoms with E-state index in [4.69, 9.17) is 9.47 Å². The molecule has 0 amide bonds. The molecule has 1 heterocycles. The van der Waals surface area contributed by atoms with Crippen LogP contribution in [-0.2, 0) is 14.8 Å². The number of carbonyl (C=O) groups is 1. The molecule has 1 aliphatic rings. The molecule has 0 aromatic heterocycles. The highest BCUT2D eigenvalue weighted by Crippen LogP contribution is 2.28. The van der Waals surface area contributed by atoms with Crippen LogP contribution in [0.2, 0.25) is 0 Å². The van der Waals surface area contributed by atoms with Crippen LogP contribution >= 0.6 is 0 Å². The number of benzene rings is 2. The molecule has 1 saturated heterocycles. The molecule has 0 saturated carbocycles. The van der Waals surface area contributed by atoms with Gasteiger partial charge in [0.1, 0.15) is 5.82 Å². The third-order valence-electron chi connectivity index (χ3n) is 4.02. The second kappa shape index (κ2) is 8.00. The van der Waals surface area contributed by atoms with Crippen molar-refractivity contribution in [1.82, 2.24) is 4.31 Å². The second-order valence-electron chi connectivity index (χ2n) is 5.80. The van der Waals surface area contributed by atoms with E-state index in [1.165, 1.54) is 28.6 Å². The molecule has 0 bridgehead atoms. The quantitative estimate of drug-likeness (QED) is 0.320. The van der Waals surface area contributed by atoms with Crippen molar-refractivity contribution in [3.05, 3.63) is 64.0 Å². The number of rotatable bonds is 5. The molecular weight excluding hydrogens is 395 g/mol. The molecule has 0 atom stereocenters. The van der Waals surface area contributed by atoms with Gasteiger partial charge in [0.25, 0.3) is 0 Å². The van der Waals surface area contributed by atoms with E-state index < -0.39 is 38.2 Å². The number of nitro benzene ring substituents is 1. The van der Waals surface area contributed by atoms with Gasteiger partial charge in [-0.05, 0) is 30.3 Å². The van der Waals surface area contributed by atoms with E-state index in [0.29, 0.717) is 13.2 Å². The molecule has 28 heavy (non-hydrogen) atoms. The third kappa shape index (κ3) is 4.16. The molecule has 9 nitrogen and oxygen atoms in total. The number of morpholine rings is 1. The van der Waals surface area contributed by atoms with E-state index in [0.717, 1.165) is 18.2 Å². The maximum Gasteiger partial charge on any atom is 0.343 e. The summed E-state index contributed by atoms with van der Waals surface area (Å²) < 4.78 is 49.8. The van der Waals surface area contributed by atoms with Crippen molar-refractivity contribution < 1.29 is 32.0 Å². The Labute approximate surface area is 159 Å². The molecule has 2 aromatic carbocycles. The highest BCUT2D eigenvalue weighted by Gasteiger charge is 2.27. The van der Waals surface area contributed by atoms with E-state index in [9.17, 15) is 27.7 Å². The number of sulfonamides is 1. The van der Waals surface area contributed by atoms with Crippen LogP contribution in [0.25, 0.3) is 0 Å². The number of hydrogen-bond donors (Lipinski definition) is 0. The first-order valence-electron chi connectivity index (χ1n) is 8.13. The monoisotopic (exact) mass is 410 g/mol. The zero-order chi connectivity index (χ0) is 20.3. The van der Waals surface area contributed by atoms with Gasteiger partial charge in [0.15, 0.2) is 0 Å². The molecular formula is C17H15FN2O7S. The van der Waals surface area contributed by atoms with Crippen LogP contribution < -0.4 is 4.74 Å². The molecule has 148 valence electrons. The lowest BCUT2D eigenvalue weighted by Gasteiger charge is -2.26. The van der Waals surface area contributed by atoms with Gasteiger partial charge >= 0.3 is 11.7 Å². The number of hydrogen-bond acceptors (Lipinski definition) is 7. The largest absolute Gasteiger partial charge is 0.415 e. The van der Waals surface area contributed by atoms with E-state index in [1.54, 1.807) is 0 Å². The Balaban J connectivity index is 1.79. The molecule has 0 radical (unpaired) electrons. The van der Waals surface area contributed by atoms with Crippen molar-refractivity contribution in [3.63, 3.8) is 0 Å². The van der Waals surface area contributed by atoms with Gasteiger partial charge in [0, 0.05) is 25.2 Å². The van der Waals surface area contributed by atoms with Gasteiger partial charge in [-0.3, -0.25) is 10.1 Å². The number of nitro groups is 1. The van der Waals surface area contributed by atoms with Crippen molar-refractivity contribution in [2.45, 2.75) is 4.90 Å². The smallest absolute Gasteiger partial charge is 0.343 e. The summed E-state index contributed by atoms with van der Waals surface area (Å²) in [6.45, 7) is 1.07. The molecule has 1 fully saturated rings. The zero-order valence-electron chi connectivity index (χ0n) is 14.4. The van der Waals surface area contributed by atoms with Gasteiger partial charge < -0.3 is 9.47 Å². The standard InChI is InChI=1S/C17H15FN2O7S/c18-13-3-6-15(20(22)23)16(11-13)27-17(21)12-1-4-14(5-2-12)28(24,25)19-7-9-26-10-8-19/h1-6,11H,7-10H2. The maximum absolute atomic E-state index is 13.3. The summed E-state index contributed by atoms with van der Waals surface area (Å²) in [6.07, 6.45) is 0. The minimum atomic E-state index is -3.72. The van der Waals surface area contributed by atoms with Crippen LogP contribution in [0.3, 0.4) is 0 Å². The van der Waals surface area contributed by atoms with Crippen LogP contribution in [0.15, 0.2) is 47.4 Å². The predicted octanol–water partition coefficient (Wildman–Crippen LogP) is 1.97. The van der Waals surface area contributed by atoms with Gasteiger partial charge in [-0.15, -0.1) is 0 Å². The molecule has 0 N–H and O–H groups in total. The van der Waals surface area contributed by atoms with E-state index in [2.05, 4.69) is 0 Å². The number of nitrogens with zero attached hydrogens (tertiary/aromatic N) is 2. The summed E-state index contributed by atoms with van der Waals surface area (Å²) in [5.74, 6) is -2.33. The van der Waals surface area contributed by atoms with Gasteiger partial charge in [-0.2, -0.15) is 4.31 Å². The number of halogens is 1. The van der Waals surface area contributed by atoms with Crippen molar-refractivity contribution in [1.29, 1.82) is 0 Å². The fourth-order valence-electron chi connectivity index (χ4n) is 2.58. The number of esters is 1. The molecule has 3 rings (SSSR count). The average molecular weight is 410 g/mol. The van der Waals surface area contributed by atoms with E-state index >= 15 is 0 Å². The third-order valence-corrected chi connectivity index (χ3v) is 5.93. The first-order chi connectivity index (χ1) is 13.3. The van der Waals surface area contributed by atoms with Gasteiger partial charge in [-0.25, -0.2) is 17.6 Å². The Morgan fingerprint density at radius 2 is 1.79 bits per heavy atom. The normalized spacial score (nSPS) is 15.2. The Kier molecular flexibility index (Phi) is 5.68. The van der Waals surface area contributed by atoms with Crippen LogP contribution in [-0.4, -0.2) is 49.9 Å². The molecule has 1 aliphatic heterocycles. The molecule has 0 unspecified atom stereocenters. The summed E-state index contributed by atoms with van der Waals surface area (Å²) in [5, 5.41) is 11.0. The minimum absolute atomic E-state index is 0.0114. The SMILES string of the molecule is O=C(Oc1cc(F)ccc1[N+](=O)[O-])c1ccc(S(=O)(=O)N2CCOCC2)cc1. The molecule has 0 spiro atoms. The second-order valence-corrected chi connectivity index (χ2v) is 7.74. The minimum Gasteiger partial charge on any atom is -0.415 e. The summed E-state index contributed by atoms with van der Waals surface area (Å²) in [4.78, 5) is 22.4. The summed E-state index contributed by atoms with van der Waals surface area (Å²) in [6, 6.07) is 7.41. The highest BCUT2D eigenvalue weighted by molar-refractivity contribution is 7.89. The van der Waals surface area contributed by atoms with Crippen molar-refractivity contribution in [2.24, 2.45) is 0 Å². The molecule has 11 heteroatoms. The summed E-state index contributed by atoms with van der Waals surface area (Å²) in [5.41, 5.74) is -0.610. The van der Waals surface area contributed by atoms with Gasteiger partial charge in [-0.1, -0.05) is 0 Å². The van der Waals surface area contributed by atoms with Crippen LogP contribution in [0.4, 0.5) is 10.1 Å². The average Bonchev–Trinajstić information content (AvgIpc) is 2.68. The number of ether oxygens (including phenoxy) is 2. The first kappa shape index (κ1) is 19.9. The van der Waals surface area contributed by atoms with E-state index in [-0.39, 0.29) is 23.5 Å². The zero-order valence-corrected chi connectivity index (χ0v) is 15.2. The Bertz CT molecular complexity index is 1000. The van der Waals surface area contributed by atoms with Crippen LogP contribution in [0, 0.1) is 15.9 Å². The highest BCUT2D eigenvalue weighted by atomic mass is 32.2. The fraction of sp³-hybridized carbons (Fsp3) is 0.235. The fourth-order valence-corrected chi connectivity index (χ4v) is 3.99. The number of carbonyl (C=O) groups excluding carboxylic acids is 1.